The van der Waals surface area contributed by atoms with Crippen molar-refractivity contribution < 1.29 is 18.7 Å². The van der Waals surface area contributed by atoms with E-state index < -0.39 is 6.10 Å². The largest absolute Gasteiger partial charge is 0.485 e. The molecule has 0 spiro atoms. The fourth-order valence-electron chi connectivity index (χ4n) is 3.09. The Hall–Kier alpha value is -3.32. The predicted molar refractivity (Wildman–Crippen MR) is 106 cm³/mol. The summed E-state index contributed by atoms with van der Waals surface area (Å²) < 4.78 is 18.1. The first kappa shape index (κ1) is 16.8. The smallest absolute Gasteiger partial charge is 0.273 e. The van der Waals surface area contributed by atoms with Gasteiger partial charge in [0.05, 0.1) is 23.0 Å². The van der Waals surface area contributed by atoms with E-state index in [0.29, 0.717) is 22.4 Å². The van der Waals surface area contributed by atoms with Crippen LogP contribution in [-0.4, -0.2) is 23.6 Å². The predicted octanol–water partition coefficient (Wildman–Crippen LogP) is 4.26. The molecule has 0 radical (unpaired) electrons. The van der Waals surface area contributed by atoms with E-state index in [9.17, 15) is 4.79 Å². The van der Waals surface area contributed by atoms with E-state index in [1.54, 1.807) is 23.3 Å². The summed E-state index contributed by atoms with van der Waals surface area (Å²) in [6, 6.07) is 18.8. The van der Waals surface area contributed by atoms with Crippen LogP contribution < -0.4 is 14.4 Å². The highest BCUT2D eigenvalue weighted by Gasteiger charge is 2.33. The average Bonchev–Trinajstić information content (AvgIpc) is 3.40. The summed E-state index contributed by atoms with van der Waals surface area (Å²) >= 11 is 1.46. The Bertz CT molecular complexity index is 1090. The van der Waals surface area contributed by atoms with Gasteiger partial charge in [0.15, 0.2) is 16.6 Å². The maximum absolute atomic E-state index is 13.4. The Morgan fingerprint density at radius 3 is 2.71 bits per heavy atom. The van der Waals surface area contributed by atoms with E-state index in [1.807, 2.05) is 48.5 Å². The molecule has 2 aromatic carbocycles. The number of amides is 1. The molecule has 4 aromatic rings. The van der Waals surface area contributed by atoms with Gasteiger partial charge in [0.1, 0.15) is 12.4 Å². The summed E-state index contributed by atoms with van der Waals surface area (Å²) in [7, 11) is 0. The Morgan fingerprint density at radius 1 is 1.07 bits per heavy atom. The van der Waals surface area contributed by atoms with Gasteiger partial charge in [-0.2, -0.15) is 0 Å². The lowest BCUT2D eigenvalue weighted by molar-refractivity contribution is -0.127. The van der Waals surface area contributed by atoms with Crippen LogP contribution in [0.3, 0.4) is 0 Å². The first-order valence-electron chi connectivity index (χ1n) is 8.86. The highest BCUT2D eigenvalue weighted by Crippen LogP contribution is 2.34. The summed E-state index contributed by atoms with van der Waals surface area (Å²) in [4.78, 5) is 19.6. The lowest BCUT2D eigenvalue weighted by Gasteiger charge is -2.29. The molecule has 1 atom stereocenters. The van der Waals surface area contributed by atoms with E-state index in [0.717, 1.165) is 10.2 Å². The number of carbonyl (C=O) groups is 1. The average molecular weight is 392 g/mol. The van der Waals surface area contributed by atoms with Crippen LogP contribution >= 0.6 is 11.3 Å². The summed E-state index contributed by atoms with van der Waals surface area (Å²) in [5, 5.41) is 0.602. The molecule has 140 valence electrons. The Kier molecular flexibility index (Phi) is 4.21. The monoisotopic (exact) mass is 392 g/mol. The number of hydrogen-bond acceptors (Lipinski definition) is 6. The number of rotatable bonds is 4. The van der Waals surface area contributed by atoms with Crippen LogP contribution in [-0.2, 0) is 11.3 Å². The number of carbonyl (C=O) groups excluding carboxylic acids is 1. The third kappa shape index (κ3) is 3.10. The molecule has 3 heterocycles. The minimum atomic E-state index is -0.753. The molecule has 0 aliphatic carbocycles. The number of furan rings is 1. The third-order valence-electron chi connectivity index (χ3n) is 4.46. The van der Waals surface area contributed by atoms with Gasteiger partial charge in [-0.05, 0) is 36.4 Å². The summed E-state index contributed by atoms with van der Waals surface area (Å²) in [5.74, 6) is 1.66. The highest BCUT2D eigenvalue weighted by molar-refractivity contribution is 7.22. The molecule has 0 N–H and O–H groups in total. The Balaban J connectivity index is 1.48. The zero-order chi connectivity index (χ0) is 18.9. The molecule has 1 amide bonds. The number of hydrogen-bond donors (Lipinski definition) is 0. The van der Waals surface area contributed by atoms with Gasteiger partial charge < -0.3 is 13.9 Å². The molecule has 0 bridgehead atoms. The maximum Gasteiger partial charge on any atom is 0.273 e. The van der Waals surface area contributed by atoms with Gasteiger partial charge in [-0.15, -0.1) is 0 Å². The zero-order valence-corrected chi connectivity index (χ0v) is 15.6. The number of aromatic nitrogens is 1. The maximum atomic E-state index is 13.4. The van der Waals surface area contributed by atoms with Crippen molar-refractivity contribution >= 4 is 32.6 Å². The van der Waals surface area contributed by atoms with Crippen molar-refractivity contribution in [1.29, 1.82) is 0 Å². The van der Waals surface area contributed by atoms with Crippen LogP contribution in [0, 0.1) is 0 Å². The first-order chi connectivity index (χ1) is 13.8. The molecule has 0 saturated carbocycles. The second-order valence-electron chi connectivity index (χ2n) is 6.33. The van der Waals surface area contributed by atoms with E-state index in [-0.39, 0.29) is 19.1 Å². The lowest BCUT2D eigenvalue weighted by atomic mass is 10.2. The SMILES string of the molecule is O=C(C1COc2ccccc2O1)N(Cc1ccco1)c1nc2ccccc2s1. The normalized spacial score (nSPS) is 15.5. The molecule has 2 aromatic heterocycles. The lowest BCUT2D eigenvalue weighted by Crippen LogP contribution is -2.46. The molecule has 7 heteroatoms. The van der Waals surface area contributed by atoms with Crippen LogP contribution in [0.5, 0.6) is 11.5 Å². The molecule has 5 rings (SSSR count). The topological polar surface area (TPSA) is 64.8 Å². The molecule has 6 nitrogen and oxygen atoms in total. The number of para-hydroxylation sites is 3. The Labute approximate surface area is 164 Å². The quantitative estimate of drug-likeness (QED) is 0.519. The molecule has 28 heavy (non-hydrogen) atoms. The molecule has 0 fully saturated rings. The number of fused-ring (bicyclic) bond motifs is 2. The van der Waals surface area contributed by atoms with Gasteiger partial charge >= 0.3 is 0 Å². The van der Waals surface area contributed by atoms with Crippen LogP contribution in [0.25, 0.3) is 10.2 Å². The molecule has 0 saturated heterocycles. The van der Waals surface area contributed by atoms with Gasteiger partial charge in [0.25, 0.3) is 5.91 Å². The van der Waals surface area contributed by atoms with Crippen LogP contribution in [0.15, 0.2) is 71.3 Å². The van der Waals surface area contributed by atoms with Gasteiger partial charge in [-0.3, -0.25) is 9.69 Å². The first-order valence-corrected chi connectivity index (χ1v) is 9.67. The molecular formula is C21H16N2O4S. The molecular weight excluding hydrogens is 376 g/mol. The van der Waals surface area contributed by atoms with Crippen molar-refractivity contribution in [3.63, 3.8) is 0 Å². The fraction of sp³-hybridized carbons (Fsp3) is 0.143. The number of ether oxygens (including phenoxy) is 2. The molecule has 1 aliphatic rings. The standard InChI is InChI=1S/C21H16N2O4S/c24-20(18-13-26-16-8-2-3-9-17(16)27-18)23(12-14-6-5-11-25-14)21-22-15-7-1-4-10-19(15)28-21/h1-11,18H,12-13H2. The second-order valence-corrected chi connectivity index (χ2v) is 7.34. The van der Waals surface area contributed by atoms with Gasteiger partial charge in [-0.1, -0.05) is 35.6 Å². The highest BCUT2D eigenvalue weighted by atomic mass is 32.1. The third-order valence-corrected chi connectivity index (χ3v) is 5.52. The fourth-order valence-corrected chi connectivity index (χ4v) is 4.06. The van der Waals surface area contributed by atoms with E-state index in [2.05, 4.69) is 4.98 Å². The molecule has 1 aliphatic heterocycles. The van der Waals surface area contributed by atoms with Gasteiger partial charge in [0, 0.05) is 0 Å². The van der Waals surface area contributed by atoms with Crippen molar-refractivity contribution in [2.45, 2.75) is 12.6 Å². The van der Waals surface area contributed by atoms with Crippen molar-refractivity contribution in [2.24, 2.45) is 0 Å². The van der Waals surface area contributed by atoms with Crippen molar-refractivity contribution in [3.05, 3.63) is 72.7 Å². The zero-order valence-electron chi connectivity index (χ0n) is 14.8. The molecule has 1 unspecified atom stereocenters. The van der Waals surface area contributed by atoms with Gasteiger partial charge in [-0.25, -0.2) is 4.98 Å². The van der Waals surface area contributed by atoms with Crippen LogP contribution in [0.2, 0.25) is 0 Å². The second kappa shape index (κ2) is 7.01. The van der Waals surface area contributed by atoms with Crippen LogP contribution in [0.1, 0.15) is 5.76 Å². The summed E-state index contributed by atoms with van der Waals surface area (Å²) in [6.45, 7) is 0.419. The van der Waals surface area contributed by atoms with Gasteiger partial charge in [0.2, 0.25) is 6.10 Å². The summed E-state index contributed by atoms with van der Waals surface area (Å²) in [5.41, 5.74) is 0.853. The van der Waals surface area contributed by atoms with Crippen molar-refractivity contribution in [3.8, 4) is 11.5 Å². The van der Waals surface area contributed by atoms with Crippen molar-refractivity contribution in [1.82, 2.24) is 4.98 Å². The minimum absolute atomic E-state index is 0.148. The number of nitrogens with zero attached hydrogens (tertiary/aromatic N) is 2. The van der Waals surface area contributed by atoms with Crippen molar-refractivity contribution in [2.75, 3.05) is 11.5 Å². The van der Waals surface area contributed by atoms with E-state index >= 15 is 0 Å². The summed E-state index contributed by atoms with van der Waals surface area (Å²) in [6.07, 6.45) is 0.837. The number of anilines is 1. The Morgan fingerprint density at radius 2 is 1.89 bits per heavy atom. The number of benzene rings is 2. The van der Waals surface area contributed by atoms with E-state index in [1.165, 1.54) is 11.3 Å². The van der Waals surface area contributed by atoms with E-state index in [4.69, 9.17) is 13.9 Å². The number of thiazole rings is 1. The minimum Gasteiger partial charge on any atom is -0.485 e. The van der Waals surface area contributed by atoms with Crippen LogP contribution in [0.4, 0.5) is 5.13 Å².